The van der Waals surface area contributed by atoms with Crippen molar-refractivity contribution in [3.63, 3.8) is 0 Å². The van der Waals surface area contributed by atoms with Gasteiger partial charge in [-0.2, -0.15) is 0 Å². The summed E-state index contributed by atoms with van der Waals surface area (Å²) in [6, 6.07) is 13.4. The third kappa shape index (κ3) is 2.03. The standard InChI is InChI=1S/C17H16/c1-13-7-8-17-12-16(10-9-15(17)11-13)14-5-3-2-4-6-14/h2-3,5,7-12H,4,6H2,1H3. The van der Waals surface area contributed by atoms with E-state index in [2.05, 4.69) is 61.5 Å². The molecule has 0 aliphatic heterocycles. The Morgan fingerprint density at radius 3 is 2.59 bits per heavy atom. The van der Waals surface area contributed by atoms with E-state index in [1.54, 1.807) is 0 Å². The highest BCUT2D eigenvalue weighted by Gasteiger charge is 2.04. The van der Waals surface area contributed by atoms with Crippen LogP contribution in [-0.4, -0.2) is 0 Å². The van der Waals surface area contributed by atoms with E-state index in [1.807, 2.05) is 0 Å². The molecule has 0 nitrogen and oxygen atoms in total. The fraction of sp³-hybridized carbons (Fsp3) is 0.176. The van der Waals surface area contributed by atoms with Gasteiger partial charge in [-0.05, 0) is 47.7 Å². The van der Waals surface area contributed by atoms with Crippen LogP contribution in [0, 0.1) is 6.92 Å². The van der Waals surface area contributed by atoms with Crippen LogP contribution in [-0.2, 0) is 0 Å². The van der Waals surface area contributed by atoms with E-state index in [0.717, 1.165) is 12.8 Å². The van der Waals surface area contributed by atoms with Crippen molar-refractivity contribution in [3.05, 3.63) is 65.8 Å². The van der Waals surface area contributed by atoms with Gasteiger partial charge < -0.3 is 0 Å². The minimum Gasteiger partial charge on any atom is -0.0842 e. The van der Waals surface area contributed by atoms with Gasteiger partial charge in [0, 0.05) is 0 Å². The lowest BCUT2D eigenvalue weighted by Gasteiger charge is -2.10. The van der Waals surface area contributed by atoms with Crippen LogP contribution in [0.5, 0.6) is 0 Å². The van der Waals surface area contributed by atoms with Crippen molar-refractivity contribution in [2.24, 2.45) is 0 Å². The average molecular weight is 220 g/mol. The highest BCUT2D eigenvalue weighted by Crippen LogP contribution is 2.26. The number of rotatable bonds is 1. The molecule has 0 unspecified atom stereocenters. The Morgan fingerprint density at radius 2 is 1.76 bits per heavy atom. The monoisotopic (exact) mass is 220 g/mol. The number of allylic oxidation sites excluding steroid dienone is 4. The molecular formula is C17H16. The van der Waals surface area contributed by atoms with Crippen molar-refractivity contribution in [3.8, 4) is 0 Å². The second-order valence-electron chi connectivity index (χ2n) is 4.72. The molecule has 3 rings (SSSR count). The molecule has 0 saturated carbocycles. The molecule has 1 aliphatic carbocycles. The quantitative estimate of drug-likeness (QED) is 0.642. The molecule has 2 aromatic rings. The van der Waals surface area contributed by atoms with Gasteiger partial charge in [-0.25, -0.2) is 0 Å². The zero-order valence-corrected chi connectivity index (χ0v) is 10.1. The third-order valence-electron chi connectivity index (χ3n) is 3.38. The lowest BCUT2D eigenvalue weighted by Crippen LogP contribution is -1.88. The maximum atomic E-state index is 2.31. The summed E-state index contributed by atoms with van der Waals surface area (Å²) in [6.07, 6.45) is 8.95. The average Bonchev–Trinajstić information content (AvgIpc) is 2.39. The summed E-state index contributed by atoms with van der Waals surface area (Å²) in [6.45, 7) is 2.14. The summed E-state index contributed by atoms with van der Waals surface area (Å²) in [5.74, 6) is 0. The Hall–Kier alpha value is -1.82. The predicted molar refractivity (Wildman–Crippen MR) is 75.0 cm³/mol. The maximum absolute atomic E-state index is 2.31. The molecule has 0 radical (unpaired) electrons. The van der Waals surface area contributed by atoms with E-state index in [4.69, 9.17) is 0 Å². The van der Waals surface area contributed by atoms with Crippen molar-refractivity contribution in [1.29, 1.82) is 0 Å². The van der Waals surface area contributed by atoms with Crippen molar-refractivity contribution in [2.45, 2.75) is 19.8 Å². The molecular weight excluding hydrogens is 204 g/mol. The predicted octanol–water partition coefficient (Wildman–Crippen LogP) is 4.88. The van der Waals surface area contributed by atoms with Gasteiger partial charge in [0.2, 0.25) is 0 Å². The van der Waals surface area contributed by atoms with Crippen LogP contribution in [0.3, 0.4) is 0 Å². The summed E-state index contributed by atoms with van der Waals surface area (Å²) < 4.78 is 0. The fourth-order valence-corrected chi connectivity index (χ4v) is 2.41. The SMILES string of the molecule is Cc1ccc2cc(C3=CC=CCC3)ccc2c1. The van der Waals surface area contributed by atoms with Gasteiger partial charge >= 0.3 is 0 Å². The van der Waals surface area contributed by atoms with E-state index >= 15 is 0 Å². The summed E-state index contributed by atoms with van der Waals surface area (Å²) >= 11 is 0. The van der Waals surface area contributed by atoms with Crippen LogP contribution in [0.2, 0.25) is 0 Å². The summed E-state index contributed by atoms with van der Waals surface area (Å²) in [5, 5.41) is 2.67. The molecule has 84 valence electrons. The van der Waals surface area contributed by atoms with Gasteiger partial charge in [0.05, 0.1) is 0 Å². The third-order valence-corrected chi connectivity index (χ3v) is 3.38. The van der Waals surface area contributed by atoms with Gasteiger partial charge in [-0.1, -0.05) is 54.1 Å². The number of hydrogen-bond acceptors (Lipinski definition) is 0. The topological polar surface area (TPSA) is 0 Å². The molecule has 17 heavy (non-hydrogen) atoms. The molecule has 0 bridgehead atoms. The van der Waals surface area contributed by atoms with Crippen LogP contribution in [0.1, 0.15) is 24.0 Å². The molecule has 0 heteroatoms. The number of aryl methyl sites for hydroxylation is 1. The Labute approximate surface area is 102 Å². The van der Waals surface area contributed by atoms with Crippen LogP contribution >= 0.6 is 0 Å². The molecule has 1 aliphatic rings. The van der Waals surface area contributed by atoms with Gasteiger partial charge in [0.1, 0.15) is 0 Å². The van der Waals surface area contributed by atoms with Gasteiger partial charge in [-0.3, -0.25) is 0 Å². The van der Waals surface area contributed by atoms with Crippen LogP contribution < -0.4 is 0 Å². The molecule has 0 amide bonds. The van der Waals surface area contributed by atoms with Crippen molar-refractivity contribution >= 4 is 16.3 Å². The molecule has 2 aromatic carbocycles. The molecule has 0 saturated heterocycles. The van der Waals surface area contributed by atoms with E-state index < -0.39 is 0 Å². The second kappa shape index (κ2) is 4.21. The second-order valence-corrected chi connectivity index (χ2v) is 4.72. The first-order valence-electron chi connectivity index (χ1n) is 6.19. The smallest absolute Gasteiger partial charge is 0.0178 e. The first-order valence-corrected chi connectivity index (χ1v) is 6.19. The van der Waals surface area contributed by atoms with E-state index in [1.165, 1.54) is 27.5 Å². The van der Waals surface area contributed by atoms with E-state index in [0.29, 0.717) is 0 Å². The van der Waals surface area contributed by atoms with E-state index in [-0.39, 0.29) is 0 Å². The largest absolute Gasteiger partial charge is 0.0842 e. The van der Waals surface area contributed by atoms with Gasteiger partial charge in [-0.15, -0.1) is 0 Å². The van der Waals surface area contributed by atoms with Gasteiger partial charge in [0.25, 0.3) is 0 Å². The first-order chi connectivity index (χ1) is 8.33. The zero-order valence-electron chi connectivity index (χ0n) is 10.1. The van der Waals surface area contributed by atoms with E-state index in [9.17, 15) is 0 Å². The lowest BCUT2D eigenvalue weighted by molar-refractivity contribution is 1.05. The molecule has 0 fully saturated rings. The van der Waals surface area contributed by atoms with Crippen LogP contribution in [0.4, 0.5) is 0 Å². The van der Waals surface area contributed by atoms with Crippen molar-refractivity contribution in [2.75, 3.05) is 0 Å². The molecule has 0 heterocycles. The van der Waals surface area contributed by atoms with Crippen LogP contribution in [0.15, 0.2) is 54.6 Å². The molecule has 0 atom stereocenters. The van der Waals surface area contributed by atoms with Crippen molar-refractivity contribution < 1.29 is 0 Å². The fourth-order valence-electron chi connectivity index (χ4n) is 2.41. The highest BCUT2D eigenvalue weighted by atomic mass is 14.1. The van der Waals surface area contributed by atoms with Crippen molar-refractivity contribution in [1.82, 2.24) is 0 Å². The summed E-state index contributed by atoms with van der Waals surface area (Å²) in [7, 11) is 0. The van der Waals surface area contributed by atoms with Crippen LogP contribution in [0.25, 0.3) is 16.3 Å². The molecule has 0 N–H and O–H groups in total. The minimum atomic E-state index is 1.16. The molecule has 0 spiro atoms. The first kappa shape index (κ1) is 10.3. The number of benzene rings is 2. The summed E-state index contributed by atoms with van der Waals surface area (Å²) in [5.41, 5.74) is 4.14. The Bertz CT molecular complexity index is 615. The Morgan fingerprint density at radius 1 is 0.941 bits per heavy atom. The normalized spacial score (nSPS) is 15.0. The summed E-state index contributed by atoms with van der Waals surface area (Å²) in [4.78, 5) is 0. The Balaban J connectivity index is 2.10. The molecule has 0 aromatic heterocycles. The van der Waals surface area contributed by atoms with Gasteiger partial charge in [0.15, 0.2) is 0 Å². The lowest BCUT2D eigenvalue weighted by atomic mass is 9.95. The zero-order chi connectivity index (χ0) is 11.7. The minimum absolute atomic E-state index is 1.16. The number of hydrogen-bond donors (Lipinski definition) is 0. The number of fused-ring (bicyclic) bond motifs is 1. The maximum Gasteiger partial charge on any atom is -0.0178 e. The Kier molecular flexibility index (Phi) is 2.56. The highest BCUT2D eigenvalue weighted by molar-refractivity contribution is 5.87.